The van der Waals surface area contributed by atoms with Crippen LogP contribution in [0.5, 0.6) is 0 Å². The summed E-state index contributed by atoms with van der Waals surface area (Å²) in [6, 6.07) is 11.9. The highest BCUT2D eigenvalue weighted by Crippen LogP contribution is 2.23. The first-order valence-electron chi connectivity index (χ1n) is 6.92. The standard InChI is InChI=1S/C19H19ClO/c1-12-7-16(11-18(20)8-12)9-13(2)17-5-6-19(15(4)21)14(3)10-17/h5-8,10-11H,2,9H2,1,3-4H3. The summed E-state index contributed by atoms with van der Waals surface area (Å²) in [7, 11) is 0. The van der Waals surface area contributed by atoms with Crippen molar-refractivity contribution in [1.82, 2.24) is 0 Å². The summed E-state index contributed by atoms with van der Waals surface area (Å²) in [6.07, 6.45) is 0.750. The fraction of sp³-hybridized carbons (Fsp3) is 0.211. The van der Waals surface area contributed by atoms with E-state index in [2.05, 4.69) is 12.6 Å². The molecule has 0 aliphatic rings. The number of aryl methyl sites for hydroxylation is 2. The van der Waals surface area contributed by atoms with Crippen molar-refractivity contribution in [3.8, 4) is 0 Å². The average molecular weight is 299 g/mol. The van der Waals surface area contributed by atoms with E-state index in [9.17, 15) is 4.79 Å². The van der Waals surface area contributed by atoms with E-state index >= 15 is 0 Å². The van der Waals surface area contributed by atoms with Crippen LogP contribution < -0.4 is 0 Å². The number of hydrogen-bond donors (Lipinski definition) is 0. The van der Waals surface area contributed by atoms with Gasteiger partial charge in [-0.15, -0.1) is 0 Å². The monoisotopic (exact) mass is 298 g/mol. The van der Waals surface area contributed by atoms with Gasteiger partial charge in [0.15, 0.2) is 5.78 Å². The number of hydrogen-bond acceptors (Lipinski definition) is 1. The summed E-state index contributed by atoms with van der Waals surface area (Å²) in [4.78, 5) is 11.5. The lowest BCUT2D eigenvalue weighted by atomic mass is 9.95. The zero-order valence-electron chi connectivity index (χ0n) is 12.7. The van der Waals surface area contributed by atoms with E-state index in [0.717, 1.165) is 44.8 Å². The first kappa shape index (κ1) is 15.5. The highest BCUT2D eigenvalue weighted by atomic mass is 35.5. The molecule has 0 radical (unpaired) electrons. The molecule has 0 aliphatic carbocycles. The number of ketones is 1. The van der Waals surface area contributed by atoms with E-state index < -0.39 is 0 Å². The summed E-state index contributed by atoms with van der Waals surface area (Å²) in [5, 5.41) is 0.751. The van der Waals surface area contributed by atoms with Gasteiger partial charge in [-0.25, -0.2) is 0 Å². The predicted molar refractivity (Wildman–Crippen MR) is 90.1 cm³/mol. The first-order chi connectivity index (χ1) is 9.86. The van der Waals surface area contributed by atoms with E-state index in [1.54, 1.807) is 6.92 Å². The van der Waals surface area contributed by atoms with E-state index in [4.69, 9.17) is 11.6 Å². The molecule has 0 saturated carbocycles. The Morgan fingerprint density at radius 3 is 2.43 bits per heavy atom. The van der Waals surface area contributed by atoms with Crippen LogP contribution >= 0.6 is 11.6 Å². The topological polar surface area (TPSA) is 17.1 Å². The van der Waals surface area contributed by atoms with E-state index in [1.807, 2.05) is 44.2 Å². The first-order valence-corrected chi connectivity index (χ1v) is 7.30. The lowest BCUT2D eigenvalue weighted by molar-refractivity contribution is 0.101. The van der Waals surface area contributed by atoms with Crippen LogP contribution in [0.2, 0.25) is 5.02 Å². The molecule has 0 bridgehead atoms. The molecule has 108 valence electrons. The Hall–Kier alpha value is -1.86. The third-order valence-corrected chi connectivity index (χ3v) is 3.75. The summed E-state index contributed by atoms with van der Waals surface area (Å²) >= 11 is 6.09. The maximum Gasteiger partial charge on any atom is 0.160 e. The number of Topliss-reactive ketones (excluding diaryl/α,β-unsaturated/α-hetero) is 1. The molecule has 0 unspecified atom stereocenters. The molecule has 0 amide bonds. The van der Waals surface area contributed by atoms with Gasteiger partial charge in [-0.05, 0) is 67.2 Å². The normalized spacial score (nSPS) is 10.5. The van der Waals surface area contributed by atoms with Crippen molar-refractivity contribution in [3.63, 3.8) is 0 Å². The minimum Gasteiger partial charge on any atom is -0.295 e. The number of halogens is 1. The molecule has 0 aliphatic heterocycles. The van der Waals surface area contributed by atoms with Crippen LogP contribution in [0.25, 0.3) is 5.57 Å². The number of benzene rings is 2. The van der Waals surface area contributed by atoms with Gasteiger partial charge in [-0.3, -0.25) is 4.79 Å². The van der Waals surface area contributed by atoms with Crippen molar-refractivity contribution >= 4 is 23.0 Å². The largest absolute Gasteiger partial charge is 0.295 e. The van der Waals surface area contributed by atoms with Crippen molar-refractivity contribution in [2.24, 2.45) is 0 Å². The summed E-state index contributed by atoms with van der Waals surface area (Å²) in [5.41, 5.74) is 6.14. The molecule has 0 aromatic heterocycles. The van der Waals surface area contributed by atoms with Crippen LogP contribution in [-0.2, 0) is 6.42 Å². The Kier molecular flexibility index (Phi) is 4.64. The highest BCUT2D eigenvalue weighted by Gasteiger charge is 2.07. The molecule has 0 fully saturated rings. The maximum absolute atomic E-state index is 11.5. The van der Waals surface area contributed by atoms with Crippen LogP contribution in [-0.4, -0.2) is 5.78 Å². The van der Waals surface area contributed by atoms with Gasteiger partial charge in [0, 0.05) is 10.6 Å². The van der Waals surface area contributed by atoms with Gasteiger partial charge in [0.1, 0.15) is 0 Å². The third-order valence-electron chi connectivity index (χ3n) is 3.53. The molecule has 21 heavy (non-hydrogen) atoms. The van der Waals surface area contributed by atoms with Crippen LogP contribution in [0, 0.1) is 13.8 Å². The van der Waals surface area contributed by atoms with E-state index in [0.29, 0.717) is 0 Å². The summed E-state index contributed by atoms with van der Waals surface area (Å²) in [6.45, 7) is 9.74. The smallest absolute Gasteiger partial charge is 0.160 e. The van der Waals surface area contributed by atoms with Crippen molar-refractivity contribution in [1.29, 1.82) is 0 Å². The van der Waals surface area contributed by atoms with Crippen molar-refractivity contribution in [2.75, 3.05) is 0 Å². The molecule has 0 N–H and O–H groups in total. The van der Waals surface area contributed by atoms with E-state index in [1.165, 1.54) is 0 Å². The van der Waals surface area contributed by atoms with Gasteiger partial charge >= 0.3 is 0 Å². The van der Waals surface area contributed by atoms with Crippen LogP contribution in [0.15, 0.2) is 43.0 Å². The van der Waals surface area contributed by atoms with Crippen molar-refractivity contribution in [3.05, 3.63) is 75.8 Å². The Balaban J connectivity index is 2.24. The summed E-state index contributed by atoms with van der Waals surface area (Å²) < 4.78 is 0. The zero-order chi connectivity index (χ0) is 15.6. The zero-order valence-corrected chi connectivity index (χ0v) is 13.4. The minimum atomic E-state index is 0.0927. The second-order valence-electron chi connectivity index (χ2n) is 5.50. The van der Waals surface area contributed by atoms with Crippen LogP contribution in [0.4, 0.5) is 0 Å². The SMILES string of the molecule is C=C(Cc1cc(C)cc(Cl)c1)c1ccc(C(C)=O)c(C)c1. The Morgan fingerprint density at radius 2 is 1.86 bits per heavy atom. The molecule has 0 heterocycles. The van der Waals surface area contributed by atoms with Gasteiger partial charge in [0.2, 0.25) is 0 Å². The molecule has 2 aromatic rings. The fourth-order valence-corrected chi connectivity index (χ4v) is 2.85. The van der Waals surface area contributed by atoms with Gasteiger partial charge in [-0.1, -0.05) is 42.4 Å². The van der Waals surface area contributed by atoms with Crippen molar-refractivity contribution in [2.45, 2.75) is 27.2 Å². The van der Waals surface area contributed by atoms with Gasteiger partial charge in [0.25, 0.3) is 0 Å². The molecule has 2 rings (SSSR count). The molecule has 2 heteroatoms. The van der Waals surface area contributed by atoms with Crippen LogP contribution in [0.3, 0.4) is 0 Å². The summed E-state index contributed by atoms with van der Waals surface area (Å²) in [5.74, 6) is 0.0927. The molecule has 0 saturated heterocycles. The number of carbonyl (C=O) groups excluding carboxylic acids is 1. The quantitative estimate of drug-likeness (QED) is 0.689. The minimum absolute atomic E-state index is 0.0927. The lowest BCUT2D eigenvalue weighted by Gasteiger charge is -2.10. The number of carbonyl (C=O) groups is 1. The van der Waals surface area contributed by atoms with Crippen LogP contribution in [0.1, 0.15) is 39.5 Å². The molecular weight excluding hydrogens is 280 g/mol. The molecule has 0 atom stereocenters. The Morgan fingerprint density at radius 1 is 1.14 bits per heavy atom. The third kappa shape index (κ3) is 3.83. The van der Waals surface area contributed by atoms with Gasteiger partial charge in [0.05, 0.1) is 0 Å². The van der Waals surface area contributed by atoms with E-state index in [-0.39, 0.29) is 5.78 Å². The highest BCUT2D eigenvalue weighted by molar-refractivity contribution is 6.30. The fourth-order valence-electron chi connectivity index (χ4n) is 2.54. The Labute approximate surface area is 131 Å². The average Bonchev–Trinajstić information content (AvgIpc) is 2.36. The predicted octanol–water partition coefficient (Wildman–Crippen LogP) is 5.42. The Bertz CT molecular complexity index is 693. The second kappa shape index (κ2) is 6.28. The number of allylic oxidation sites excluding steroid dienone is 1. The van der Waals surface area contributed by atoms with Gasteiger partial charge < -0.3 is 0 Å². The molecule has 1 nitrogen and oxygen atoms in total. The van der Waals surface area contributed by atoms with Crippen molar-refractivity contribution < 1.29 is 4.79 Å². The van der Waals surface area contributed by atoms with Gasteiger partial charge in [-0.2, -0.15) is 0 Å². The molecular formula is C19H19ClO. The number of rotatable bonds is 4. The molecule has 0 spiro atoms. The maximum atomic E-state index is 11.5. The molecule has 2 aromatic carbocycles. The second-order valence-corrected chi connectivity index (χ2v) is 5.94. The lowest BCUT2D eigenvalue weighted by Crippen LogP contribution is -1.98.